The molecule has 0 N–H and O–H groups in total. The molecule has 1 saturated carbocycles. The molecular weight excluding hydrogens is 568 g/mol. The highest BCUT2D eigenvalue weighted by Gasteiger charge is 2.84. The molecule has 2 atom stereocenters. The van der Waals surface area contributed by atoms with E-state index >= 15 is 17.6 Å². The fraction of sp³-hybridized carbons (Fsp3) is 0.433. The van der Waals surface area contributed by atoms with Crippen LogP contribution in [0.15, 0.2) is 80.7 Å². The number of nitrogens with zero attached hydrogens (tertiary/aromatic N) is 1. The summed E-state index contributed by atoms with van der Waals surface area (Å²) < 4.78 is 90.2. The van der Waals surface area contributed by atoms with Gasteiger partial charge < -0.3 is 5.11 Å². The summed E-state index contributed by atoms with van der Waals surface area (Å²) >= 11 is 2.46. The first-order chi connectivity index (χ1) is 18.5. The van der Waals surface area contributed by atoms with Crippen molar-refractivity contribution in [2.75, 3.05) is 13.2 Å². The molecule has 5 aliphatic rings. The highest BCUT2D eigenvalue weighted by molar-refractivity contribution is 8.09. The monoisotopic (exact) mass is 595 g/mol. The molecule has 0 unspecified atom stereocenters. The molecule has 3 heterocycles. The van der Waals surface area contributed by atoms with E-state index in [1.165, 1.54) is 35.7 Å². The van der Waals surface area contributed by atoms with Crippen molar-refractivity contribution in [3.05, 3.63) is 86.2 Å². The van der Waals surface area contributed by atoms with Crippen LogP contribution in [-0.2, 0) is 5.41 Å². The minimum absolute atomic E-state index is 0.160. The second-order valence-electron chi connectivity index (χ2n) is 11.6. The second kappa shape index (κ2) is 8.22. The third-order valence-electron chi connectivity index (χ3n) is 8.98. The average Bonchev–Trinajstić information content (AvgIpc) is 3.46. The van der Waals surface area contributed by atoms with Crippen molar-refractivity contribution in [3.8, 4) is 0 Å². The standard InChI is InChI=1S/C30H27F6NOS2/c1-16-14-19-23-24(29(33,34)30(35,36)28(23,31)32)20-15-17(40-27(20,5)26(19,4)39-16)10-11-22-25(2,3)18-8-6-7-9-21(18)37(22)12-13-38/h6-11,14-15H,12-13H2,1-5H3/b11-10+/t26-,27-/m1/s1. The maximum atomic E-state index is 15.3. The van der Waals surface area contributed by atoms with Gasteiger partial charge in [-0.1, -0.05) is 24.8 Å². The number of hydrogen-bond donors (Lipinski definition) is 0. The normalized spacial score (nSPS) is 32.4. The van der Waals surface area contributed by atoms with Crippen molar-refractivity contribution in [3.63, 3.8) is 0 Å². The molecule has 2 aliphatic carbocycles. The topological polar surface area (TPSA) is 26.1 Å². The van der Waals surface area contributed by atoms with Crippen LogP contribution in [0.3, 0.4) is 0 Å². The number of benzene rings is 1. The molecule has 3 aliphatic heterocycles. The van der Waals surface area contributed by atoms with Gasteiger partial charge in [0.1, 0.15) is 6.54 Å². The van der Waals surface area contributed by atoms with E-state index in [1.807, 2.05) is 48.8 Å². The Labute approximate surface area is 237 Å². The van der Waals surface area contributed by atoms with Crippen molar-refractivity contribution in [2.24, 2.45) is 0 Å². The molecule has 6 rings (SSSR count). The number of hydrogen-bond acceptors (Lipinski definition) is 3. The van der Waals surface area contributed by atoms with Crippen molar-refractivity contribution in [2.45, 2.75) is 67.3 Å². The molecule has 0 radical (unpaired) electrons. The lowest BCUT2D eigenvalue weighted by Gasteiger charge is -2.47. The lowest BCUT2D eigenvalue weighted by Crippen LogP contribution is -2.48. The van der Waals surface area contributed by atoms with Crippen LogP contribution in [0.1, 0.15) is 40.2 Å². The molecule has 0 saturated heterocycles. The van der Waals surface area contributed by atoms with Crippen molar-refractivity contribution in [1.29, 1.82) is 0 Å². The predicted octanol–water partition coefficient (Wildman–Crippen LogP) is 7.30. The molecule has 1 aromatic rings. The zero-order valence-corrected chi connectivity index (χ0v) is 24.1. The van der Waals surface area contributed by atoms with E-state index in [9.17, 15) is 13.9 Å². The summed E-state index contributed by atoms with van der Waals surface area (Å²) in [4.78, 5) is 1.09. The van der Waals surface area contributed by atoms with Gasteiger partial charge in [-0.25, -0.2) is 0 Å². The summed E-state index contributed by atoms with van der Waals surface area (Å²) in [5.74, 6) is -15.6. The second-order valence-corrected chi connectivity index (χ2v) is 14.7. The third-order valence-corrected chi connectivity index (χ3v) is 12.1. The average molecular weight is 596 g/mol. The van der Waals surface area contributed by atoms with Crippen LogP contribution in [0.25, 0.3) is 0 Å². The first-order valence-electron chi connectivity index (χ1n) is 12.9. The molecule has 2 nitrogen and oxygen atoms in total. The summed E-state index contributed by atoms with van der Waals surface area (Å²) in [6, 6.07) is 7.73. The van der Waals surface area contributed by atoms with Crippen LogP contribution in [-0.4, -0.2) is 50.7 Å². The summed E-state index contributed by atoms with van der Waals surface area (Å²) in [6.45, 7) is 8.94. The van der Waals surface area contributed by atoms with Gasteiger partial charge in [0.05, 0.1) is 14.9 Å². The molecule has 0 amide bonds. The Kier molecular flexibility index (Phi) is 5.75. The molecule has 0 spiro atoms. The van der Waals surface area contributed by atoms with Crippen molar-refractivity contribution in [1.82, 2.24) is 0 Å². The Morgan fingerprint density at radius 3 is 2.02 bits per heavy atom. The summed E-state index contributed by atoms with van der Waals surface area (Å²) in [5.41, 5.74) is -0.548. The van der Waals surface area contributed by atoms with E-state index in [0.29, 0.717) is 9.81 Å². The van der Waals surface area contributed by atoms with Gasteiger partial charge in [-0.05, 0) is 68.9 Å². The largest absolute Gasteiger partial charge is 0.850 e. The predicted molar refractivity (Wildman–Crippen MR) is 146 cm³/mol. The maximum Gasteiger partial charge on any atom is 0.380 e. The summed E-state index contributed by atoms with van der Waals surface area (Å²) in [7, 11) is 0. The molecule has 40 heavy (non-hydrogen) atoms. The quantitative estimate of drug-likeness (QED) is 0.270. The lowest BCUT2D eigenvalue weighted by atomic mass is 9.71. The van der Waals surface area contributed by atoms with Crippen LogP contribution in [0.2, 0.25) is 0 Å². The molecule has 10 heteroatoms. The number of allylic oxidation sites excluding steroid dienone is 7. The number of rotatable bonds is 4. The van der Waals surface area contributed by atoms with Crippen LogP contribution in [0.4, 0.5) is 32.0 Å². The Balaban J connectivity index is 1.53. The van der Waals surface area contributed by atoms with Gasteiger partial charge in [0.25, 0.3) is 0 Å². The molecular formula is C30H27F6NOS2. The highest BCUT2D eigenvalue weighted by Crippen LogP contribution is 2.74. The van der Waals surface area contributed by atoms with Gasteiger partial charge in [0.2, 0.25) is 5.69 Å². The molecule has 1 fully saturated rings. The lowest BCUT2D eigenvalue weighted by molar-refractivity contribution is -0.491. The Hall–Kier alpha value is -2.17. The molecule has 1 aromatic carbocycles. The minimum Gasteiger partial charge on any atom is -0.850 e. The first-order valence-corrected chi connectivity index (χ1v) is 14.5. The van der Waals surface area contributed by atoms with Crippen molar-refractivity contribution < 1.29 is 36.0 Å². The zero-order chi connectivity index (χ0) is 29.3. The van der Waals surface area contributed by atoms with Gasteiger partial charge in [-0.2, -0.15) is 30.9 Å². The van der Waals surface area contributed by atoms with Gasteiger partial charge in [0.15, 0.2) is 5.71 Å². The Morgan fingerprint density at radius 1 is 0.825 bits per heavy atom. The molecule has 0 aromatic heterocycles. The molecule has 0 bridgehead atoms. The summed E-state index contributed by atoms with van der Waals surface area (Å²) in [5, 5.41) is 11.7. The fourth-order valence-electron chi connectivity index (χ4n) is 6.83. The Morgan fingerprint density at radius 2 is 1.40 bits per heavy atom. The number of fused-ring (bicyclic) bond motifs is 5. The van der Waals surface area contributed by atoms with Crippen LogP contribution >= 0.6 is 23.5 Å². The number of halogens is 6. The zero-order valence-electron chi connectivity index (χ0n) is 22.5. The Bertz CT molecular complexity index is 1560. The van der Waals surface area contributed by atoms with E-state index in [-0.39, 0.29) is 24.3 Å². The van der Waals surface area contributed by atoms with Crippen LogP contribution in [0.5, 0.6) is 0 Å². The van der Waals surface area contributed by atoms with E-state index < -0.39 is 43.8 Å². The number of thioether (sulfide) groups is 2. The van der Waals surface area contributed by atoms with Crippen LogP contribution in [0, 0.1) is 0 Å². The van der Waals surface area contributed by atoms with E-state index in [2.05, 4.69) is 0 Å². The number of alkyl halides is 6. The highest BCUT2D eigenvalue weighted by atomic mass is 32.2. The first kappa shape index (κ1) is 28.0. The van der Waals surface area contributed by atoms with E-state index in [0.717, 1.165) is 17.0 Å². The fourth-order valence-corrected chi connectivity index (χ4v) is 9.83. The van der Waals surface area contributed by atoms with Gasteiger partial charge in [-0.3, -0.25) is 0 Å². The summed E-state index contributed by atoms with van der Waals surface area (Å²) in [6.07, 6.45) is 6.26. The van der Waals surface area contributed by atoms with Gasteiger partial charge in [0, 0.05) is 33.8 Å². The minimum atomic E-state index is -5.56. The van der Waals surface area contributed by atoms with Gasteiger partial charge >= 0.3 is 17.8 Å². The van der Waals surface area contributed by atoms with Crippen LogP contribution < -0.4 is 5.11 Å². The van der Waals surface area contributed by atoms with Gasteiger partial charge in [-0.15, -0.1) is 23.5 Å². The third kappa shape index (κ3) is 3.13. The smallest absolute Gasteiger partial charge is 0.380 e. The van der Waals surface area contributed by atoms with E-state index in [1.54, 1.807) is 26.8 Å². The number of para-hydroxylation sites is 1. The van der Waals surface area contributed by atoms with E-state index in [4.69, 9.17) is 0 Å². The van der Waals surface area contributed by atoms with Crippen molar-refractivity contribution >= 4 is 34.9 Å². The molecule has 212 valence electrons. The SMILES string of the molecule is CC1=CC2=C3C(=C4C=C(/C=C/C5=[N+](CC[O-])c6ccccc6C5(C)C)S[C@@]4(C)[C@]2(C)S1)C(F)(F)C(F)(F)C3(F)F. The maximum absolute atomic E-state index is 15.3.